The topological polar surface area (TPSA) is 98.7 Å². The van der Waals surface area contributed by atoms with Crippen molar-refractivity contribution in [3.8, 4) is 0 Å². The average molecular weight is 204 g/mol. The molecule has 0 aliphatic carbocycles. The molecule has 6 heteroatoms. The lowest BCUT2D eigenvalue weighted by Gasteiger charge is -2.16. The maximum absolute atomic E-state index is 11.2. The smallest absolute Gasteiger partial charge is 0.326 e. The molecule has 0 aliphatic heterocycles. The molecular formula is C8H16N2O4. The summed E-state index contributed by atoms with van der Waals surface area (Å²) in [6.07, 6.45) is 0.0114. The first-order valence-electron chi connectivity index (χ1n) is 4.34. The molecule has 1 unspecified atom stereocenters. The lowest BCUT2D eigenvalue weighted by molar-refractivity contribution is -0.142. The Balaban J connectivity index is 4.15. The molecule has 0 radical (unpaired) electrons. The van der Waals surface area contributed by atoms with E-state index in [1.807, 2.05) is 0 Å². The minimum Gasteiger partial charge on any atom is -0.480 e. The summed E-state index contributed by atoms with van der Waals surface area (Å²) in [5, 5.41) is 22.2. The van der Waals surface area contributed by atoms with E-state index in [0.717, 1.165) is 0 Å². The first-order valence-corrected chi connectivity index (χ1v) is 4.34. The van der Waals surface area contributed by atoms with Crippen LogP contribution in [0.25, 0.3) is 0 Å². The van der Waals surface area contributed by atoms with Crippen LogP contribution in [0.1, 0.15) is 13.3 Å². The monoisotopic (exact) mass is 204 g/mol. The number of rotatable bonds is 6. The van der Waals surface area contributed by atoms with Gasteiger partial charge in [0.15, 0.2) is 0 Å². The highest BCUT2D eigenvalue weighted by Gasteiger charge is 2.21. The van der Waals surface area contributed by atoms with Gasteiger partial charge >= 0.3 is 5.97 Å². The number of hydrogen-bond donors (Lipinski definition) is 4. The molecule has 82 valence electrons. The van der Waals surface area contributed by atoms with Crippen molar-refractivity contribution in [2.24, 2.45) is 0 Å². The Hall–Kier alpha value is -1.14. The van der Waals surface area contributed by atoms with Crippen molar-refractivity contribution < 1.29 is 19.8 Å². The van der Waals surface area contributed by atoms with Gasteiger partial charge in [0.05, 0.1) is 6.04 Å². The number of aliphatic hydroxyl groups is 1. The second-order valence-corrected chi connectivity index (χ2v) is 2.92. The zero-order chi connectivity index (χ0) is 11.1. The Morgan fingerprint density at radius 2 is 2.00 bits per heavy atom. The zero-order valence-corrected chi connectivity index (χ0v) is 8.28. The molecule has 0 aromatic heterocycles. The van der Waals surface area contributed by atoms with Gasteiger partial charge in [-0.05, 0) is 14.0 Å². The van der Waals surface area contributed by atoms with E-state index >= 15 is 0 Å². The molecule has 2 atom stereocenters. The Labute approximate surface area is 82.3 Å². The van der Waals surface area contributed by atoms with Crippen LogP contribution in [0, 0.1) is 0 Å². The number of carboxylic acid groups (broad SMARTS) is 1. The van der Waals surface area contributed by atoms with Gasteiger partial charge in [-0.3, -0.25) is 4.79 Å². The number of nitrogens with one attached hydrogen (secondary N) is 2. The van der Waals surface area contributed by atoms with Gasteiger partial charge in [-0.15, -0.1) is 0 Å². The Kier molecular flexibility index (Phi) is 5.82. The van der Waals surface area contributed by atoms with E-state index in [2.05, 4.69) is 10.6 Å². The summed E-state index contributed by atoms with van der Waals surface area (Å²) in [7, 11) is 1.60. The van der Waals surface area contributed by atoms with Crippen molar-refractivity contribution >= 4 is 11.9 Å². The maximum atomic E-state index is 11.2. The number of hydrogen-bond acceptors (Lipinski definition) is 4. The molecule has 0 saturated heterocycles. The van der Waals surface area contributed by atoms with E-state index in [-0.39, 0.29) is 13.0 Å². The highest BCUT2D eigenvalue weighted by atomic mass is 16.4. The minimum absolute atomic E-state index is 0.0114. The summed E-state index contributed by atoms with van der Waals surface area (Å²) in [5.74, 6) is -1.54. The molecule has 6 nitrogen and oxygen atoms in total. The predicted octanol–water partition coefficient (Wildman–Crippen LogP) is -1.45. The van der Waals surface area contributed by atoms with E-state index in [9.17, 15) is 9.59 Å². The van der Waals surface area contributed by atoms with E-state index in [4.69, 9.17) is 10.2 Å². The highest BCUT2D eigenvalue weighted by molar-refractivity contribution is 5.86. The number of amides is 1. The van der Waals surface area contributed by atoms with Gasteiger partial charge in [0, 0.05) is 13.0 Å². The molecule has 14 heavy (non-hydrogen) atoms. The van der Waals surface area contributed by atoms with Crippen LogP contribution in [0.3, 0.4) is 0 Å². The number of carboxylic acids is 1. The molecule has 0 aliphatic rings. The maximum Gasteiger partial charge on any atom is 0.326 e. The number of aliphatic hydroxyl groups excluding tert-OH is 1. The molecule has 0 spiro atoms. The van der Waals surface area contributed by atoms with Gasteiger partial charge in [0.2, 0.25) is 5.91 Å². The number of carbonyl (C=O) groups is 2. The summed E-state index contributed by atoms with van der Waals surface area (Å²) in [5.41, 5.74) is 0. The number of aliphatic carboxylic acids is 1. The lowest BCUT2D eigenvalue weighted by Crippen LogP contribution is -2.48. The molecular weight excluding hydrogens is 188 g/mol. The Morgan fingerprint density at radius 1 is 1.43 bits per heavy atom. The quantitative estimate of drug-likeness (QED) is 0.424. The summed E-state index contributed by atoms with van der Waals surface area (Å²) in [4.78, 5) is 21.8. The van der Waals surface area contributed by atoms with Crippen LogP contribution in [0.5, 0.6) is 0 Å². The van der Waals surface area contributed by atoms with E-state index in [0.29, 0.717) is 0 Å². The molecule has 0 bridgehead atoms. The third-order valence-electron chi connectivity index (χ3n) is 1.86. The van der Waals surface area contributed by atoms with Gasteiger partial charge in [-0.1, -0.05) is 0 Å². The lowest BCUT2D eigenvalue weighted by atomic mass is 10.2. The van der Waals surface area contributed by atoms with Gasteiger partial charge in [-0.2, -0.15) is 0 Å². The minimum atomic E-state index is -1.14. The number of carbonyl (C=O) groups excluding carboxylic acids is 1. The predicted molar refractivity (Wildman–Crippen MR) is 49.8 cm³/mol. The molecule has 0 aromatic rings. The fourth-order valence-electron chi connectivity index (χ4n) is 0.814. The summed E-state index contributed by atoms with van der Waals surface area (Å²) < 4.78 is 0. The van der Waals surface area contributed by atoms with Gasteiger partial charge in [0.25, 0.3) is 0 Å². The van der Waals surface area contributed by atoms with E-state index in [1.165, 1.54) is 0 Å². The van der Waals surface area contributed by atoms with Crippen LogP contribution in [0.2, 0.25) is 0 Å². The summed E-state index contributed by atoms with van der Waals surface area (Å²) in [6, 6.07) is -1.47. The van der Waals surface area contributed by atoms with Crippen LogP contribution in [-0.2, 0) is 9.59 Å². The molecule has 4 N–H and O–H groups in total. The Bertz CT molecular complexity index is 208. The third-order valence-corrected chi connectivity index (χ3v) is 1.86. The second-order valence-electron chi connectivity index (χ2n) is 2.92. The molecule has 0 saturated carbocycles. The molecule has 1 amide bonds. The third kappa shape index (κ3) is 4.20. The van der Waals surface area contributed by atoms with Crippen LogP contribution >= 0.6 is 0 Å². The van der Waals surface area contributed by atoms with Crippen LogP contribution in [0.15, 0.2) is 0 Å². The van der Waals surface area contributed by atoms with Crippen molar-refractivity contribution in [2.45, 2.75) is 25.4 Å². The van der Waals surface area contributed by atoms with Gasteiger partial charge in [-0.25, -0.2) is 4.79 Å². The van der Waals surface area contributed by atoms with Gasteiger partial charge < -0.3 is 20.8 Å². The van der Waals surface area contributed by atoms with Crippen molar-refractivity contribution in [3.63, 3.8) is 0 Å². The first kappa shape index (κ1) is 12.9. The molecule has 0 aromatic carbocycles. The highest BCUT2D eigenvalue weighted by Crippen LogP contribution is 1.92. The fraction of sp³-hybridized carbons (Fsp3) is 0.750. The summed E-state index contributed by atoms with van der Waals surface area (Å²) in [6.45, 7) is 1.35. The number of likely N-dealkylation sites (N-methyl/N-ethyl adjacent to an activating group) is 1. The van der Waals surface area contributed by atoms with E-state index in [1.54, 1.807) is 14.0 Å². The largest absolute Gasteiger partial charge is 0.480 e. The molecule has 0 rings (SSSR count). The zero-order valence-electron chi connectivity index (χ0n) is 8.28. The second kappa shape index (κ2) is 6.33. The van der Waals surface area contributed by atoms with Gasteiger partial charge in [0.1, 0.15) is 6.04 Å². The normalized spacial score (nSPS) is 14.5. The van der Waals surface area contributed by atoms with Crippen molar-refractivity contribution in [2.75, 3.05) is 13.7 Å². The fourth-order valence-corrected chi connectivity index (χ4v) is 0.814. The standard InChI is InChI=1S/C8H16N2O4/c1-5(9-2)7(12)10-6(3-4-11)8(13)14/h5-6,9,11H,3-4H2,1-2H3,(H,10,12)(H,13,14)/t5?,6-/m0/s1. The van der Waals surface area contributed by atoms with E-state index < -0.39 is 24.0 Å². The molecule has 0 fully saturated rings. The van der Waals surface area contributed by atoms with Crippen molar-refractivity contribution in [3.05, 3.63) is 0 Å². The Morgan fingerprint density at radius 3 is 2.36 bits per heavy atom. The van der Waals surface area contributed by atoms with Crippen LogP contribution in [-0.4, -0.2) is 47.8 Å². The SMILES string of the molecule is CNC(C)C(=O)N[C@@H](CCO)C(=O)O. The van der Waals surface area contributed by atoms with Crippen LogP contribution in [0.4, 0.5) is 0 Å². The first-order chi connectivity index (χ1) is 6.52. The van der Waals surface area contributed by atoms with Crippen molar-refractivity contribution in [1.82, 2.24) is 10.6 Å². The average Bonchev–Trinajstić information content (AvgIpc) is 2.15. The summed E-state index contributed by atoms with van der Waals surface area (Å²) >= 11 is 0. The van der Waals surface area contributed by atoms with Crippen LogP contribution < -0.4 is 10.6 Å². The molecule has 0 heterocycles. The van der Waals surface area contributed by atoms with Crippen molar-refractivity contribution in [1.29, 1.82) is 0 Å².